The van der Waals surface area contributed by atoms with Crippen LogP contribution in [0.2, 0.25) is 0 Å². The topological polar surface area (TPSA) is 115 Å². The first-order valence-corrected chi connectivity index (χ1v) is 15.9. The summed E-state index contributed by atoms with van der Waals surface area (Å²) in [4.78, 5) is 65.4. The fraction of sp³-hybridized carbons (Fsp3) is 0.853. The van der Waals surface area contributed by atoms with E-state index in [1.807, 2.05) is 13.8 Å². The number of Topliss-reactive ketones (excluding diaryl/α,β-unsaturated/α-hetero) is 3. The molecule has 7 nitrogen and oxygen atoms in total. The molecule has 0 aromatic carbocycles. The van der Waals surface area contributed by atoms with Crippen molar-refractivity contribution in [3.63, 3.8) is 0 Å². The number of hydrogen-bond acceptors (Lipinski definition) is 6. The summed E-state index contributed by atoms with van der Waals surface area (Å²) in [5.41, 5.74) is -3.83. The molecule has 242 valence electrons. The first kappa shape index (κ1) is 33.7. The molecule has 0 aromatic heterocycles. The number of carbonyl (C=O) groups excluding carboxylic acids is 4. The van der Waals surface area contributed by atoms with Gasteiger partial charge in [-0.25, -0.2) is 4.79 Å². The quantitative estimate of drug-likeness (QED) is 0.300. The highest BCUT2D eigenvalue weighted by atomic mass is 19.3. The standard InChI is InChI=1S/C34H50F2O7/c1-19(2)26(34(35,36)27(41)42)43-25(40)11-10-20(3)22-13-15-30(6)32(22,8)23(38)18-31(7)29(5)14-12-21(37)16-28(29,4)17-24(39)33(30,31)9/h19-20,22,26H,10-18H2,1-9H3,(H,41,42)/t20?,22-,26?,28+,29+,30?,31-,32+,33+/m1/s1. The molecule has 0 heterocycles. The molecule has 3 unspecified atom stereocenters. The summed E-state index contributed by atoms with van der Waals surface area (Å²) < 4.78 is 33.5. The van der Waals surface area contributed by atoms with Crippen molar-refractivity contribution in [1.29, 1.82) is 0 Å². The molecule has 4 rings (SSSR count). The SMILES string of the molecule is CC(C)C(OC(=O)CCC(C)[C@H]1CCC2(C)[C@]3(C)C(=O)C[C@]4(C)CC(=O)CC[C@]4(C)[C@@]3(C)CC(=O)[C@]12C)C(F)(F)C(=O)O. The van der Waals surface area contributed by atoms with Crippen molar-refractivity contribution in [3.8, 4) is 0 Å². The summed E-state index contributed by atoms with van der Waals surface area (Å²) in [6.07, 6.45) is 1.39. The van der Waals surface area contributed by atoms with E-state index < -0.39 is 57.0 Å². The highest BCUT2D eigenvalue weighted by Crippen LogP contribution is 2.82. The van der Waals surface area contributed by atoms with Crippen LogP contribution in [0.25, 0.3) is 0 Å². The van der Waals surface area contributed by atoms with Crippen molar-refractivity contribution in [2.45, 2.75) is 132 Å². The Hall–Kier alpha value is -2.19. The molecule has 0 aliphatic heterocycles. The van der Waals surface area contributed by atoms with Crippen LogP contribution >= 0.6 is 0 Å². The number of carboxylic acids is 1. The van der Waals surface area contributed by atoms with Crippen molar-refractivity contribution < 1.29 is 42.6 Å². The van der Waals surface area contributed by atoms with E-state index in [0.29, 0.717) is 38.5 Å². The van der Waals surface area contributed by atoms with Crippen molar-refractivity contribution in [2.75, 3.05) is 0 Å². The first-order valence-electron chi connectivity index (χ1n) is 15.9. The van der Waals surface area contributed by atoms with Crippen LogP contribution in [0.1, 0.15) is 120 Å². The minimum Gasteiger partial charge on any atom is -0.477 e. The predicted molar refractivity (Wildman–Crippen MR) is 155 cm³/mol. The predicted octanol–water partition coefficient (Wildman–Crippen LogP) is 6.84. The summed E-state index contributed by atoms with van der Waals surface area (Å²) in [7, 11) is 0. The van der Waals surface area contributed by atoms with Gasteiger partial charge in [0.05, 0.1) is 0 Å². The Bertz CT molecular complexity index is 1240. The summed E-state index contributed by atoms with van der Waals surface area (Å²) in [6, 6.07) is 0. The molecule has 0 radical (unpaired) electrons. The lowest BCUT2D eigenvalue weighted by atomic mass is 9.27. The molecule has 9 heteroatoms. The molecule has 0 amide bonds. The number of esters is 1. The molecule has 9 atom stereocenters. The summed E-state index contributed by atoms with van der Waals surface area (Å²) >= 11 is 0. The zero-order valence-electron chi connectivity index (χ0n) is 27.3. The van der Waals surface area contributed by atoms with Gasteiger partial charge in [-0.1, -0.05) is 62.3 Å². The maximum Gasteiger partial charge on any atom is 0.378 e. The van der Waals surface area contributed by atoms with Crippen LogP contribution in [0.15, 0.2) is 0 Å². The number of carbonyl (C=O) groups is 5. The van der Waals surface area contributed by atoms with Gasteiger partial charge in [0.15, 0.2) is 6.10 Å². The molecular formula is C34H50F2O7. The number of hydrogen-bond donors (Lipinski definition) is 1. The van der Waals surface area contributed by atoms with Crippen LogP contribution in [-0.2, 0) is 28.7 Å². The highest BCUT2D eigenvalue weighted by molar-refractivity contribution is 5.97. The summed E-state index contributed by atoms with van der Waals surface area (Å²) in [5.74, 6) is -8.22. The second kappa shape index (κ2) is 10.2. The zero-order valence-corrected chi connectivity index (χ0v) is 27.3. The van der Waals surface area contributed by atoms with Gasteiger partial charge >= 0.3 is 17.9 Å². The van der Waals surface area contributed by atoms with E-state index in [9.17, 15) is 32.8 Å². The number of alkyl halides is 2. The van der Waals surface area contributed by atoms with Gasteiger partial charge in [0.2, 0.25) is 0 Å². The van der Waals surface area contributed by atoms with Gasteiger partial charge in [0, 0.05) is 42.9 Å². The van der Waals surface area contributed by atoms with E-state index >= 15 is 0 Å². The number of ether oxygens (including phenoxy) is 1. The van der Waals surface area contributed by atoms with Gasteiger partial charge in [0.1, 0.15) is 17.3 Å². The largest absolute Gasteiger partial charge is 0.477 e. The number of rotatable bonds is 8. The minimum absolute atomic E-state index is 0.114. The van der Waals surface area contributed by atoms with Gasteiger partial charge in [-0.3, -0.25) is 19.2 Å². The summed E-state index contributed by atoms with van der Waals surface area (Å²) in [6.45, 7) is 17.2. The van der Waals surface area contributed by atoms with E-state index in [1.165, 1.54) is 13.8 Å². The molecular weight excluding hydrogens is 558 g/mol. The lowest BCUT2D eigenvalue weighted by Gasteiger charge is -2.75. The van der Waals surface area contributed by atoms with E-state index in [1.54, 1.807) is 0 Å². The third-order valence-electron chi connectivity index (χ3n) is 14.3. The van der Waals surface area contributed by atoms with E-state index in [-0.39, 0.29) is 53.9 Å². The zero-order chi connectivity index (χ0) is 32.8. The molecule has 0 spiro atoms. The molecule has 1 N–H and O–H groups in total. The molecule has 0 aromatic rings. The number of aliphatic carboxylic acids is 1. The maximum atomic E-state index is 14.5. The number of ketones is 3. The van der Waals surface area contributed by atoms with Crippen LogP contribution in [0.4, 0.5) is 8.78 Å². The molecule has 4 aliphatic carbocycles. The highest BCUT2D eigenvalue weighted by Gasteiger charge is 2.81. The number of carboxylic acid groups (broad SMARTS) is 1. The van der Waals surface area contributed by atoms with Crippen LogP contribution in [0, 0.1) is 50.2 Å². The van der Waals surface area contributed by atoms with Gasteiger partial charge in [-0.05, 0) is 65.1 Å². The van der Waals surface area contributed by atoms with Gasteiger partial charge in [-0.2, -0.15) is 8.78 Å². The Balaban J connectivity index is 1.61. The summed E-state index contributed by atoms with van der Waals surface area (Å²) in [5, 5.41) is 8.96. The molecule has 0 saturated heterocycles. The normalized spacial score (nSPS) is 42.6. The third-order valence-corrected chi connectivity index (χ3v) is 14.3. The Labute approximate surface area is 254 Å². The Kier molecular flexibility index (Phi) is 7.96. The Morgan fingerprint density at radius 3 is 2.07 bits per heavy atom. The van der Waals surface area contributed by atoms with E-state index in [4.69, 9.17) is 9.84 Å². The first-order chi connectivity index (χ1) is 19.5. The molecule has 4 saturated carbocycles. The van der Waals surface area contributed by atoms with Crippen LogP contribution in [0.5, 0.6) is 0 Å². The van der Waals surface area contributed by atoms with Crippen molar-refractivity contribution in [2.24, 2.45) is 50.2 Å². The minimum atomic E-state index is -4.21. The number of fused-ring (bicyclic) bond motifs is 5. The van der Waals surface area contributed by atoms with Crippen LogP contribution < -0.4 is 0 Å². The van der Waals surface area contributed by atoms with Crippen molar-refractivity contribution in [1.82, 2.24) is 0 Å². The van der Waals surface area contributed by atoms with Crippen molar-refractivity contribution in [3.05, 3.63) is 0 Å². The second-order valence-corrected chi connectivity index (χ2v) is 16.0. The van der Waals surface area contributed by atoms with Crippen molar-refractivity contribution >= 4 is 29.3 Å². The van der Waals surface area contributed by atoms with Crippen LogP contribution in [0.3, 0.4) is 0 Å². The molecule has 0 bridgehead atoms. The van der Waals surface area contributed by atoms with Crippen LogP contribution in [-0.4, -0.2) is 46.4 Å². The molecule has 4 fully saturated rings. The number of halogens is 2. The van der Waals surface area contributed by atoms with Gasteiger partial charge < -0.3 is 9.84 Å². The smallest absolute Gasteiger partial charge is 0.378 e. The Morgan fingerprint density at radius 1 is 0.907 bits per heavy atom. The Morgan fingerprint density at radius 2 is 1.51 bits per heavy atom. The molecule has 4 aliphatic rings. The van der Waals surface area contributed by atoms with Gasteiger partial charge in [0.25, 0.3) is 0 Å². The fourth-order valence-corrected chi connectivity index (χ4v) is 10.8. The fourth-order valence-electron chi connectivity index (χ4n) is 10.8. The monoisotopic (exact) mass is 608 g/mol. The van der Waals surface area contributed by atoms with E-state index in [2.05, 4.69) is 34.6 Å². The molecule has 43 heavy (non-hydrogen) atoms. The average Bonchev–Trinajstić information content (AvgIpc) is 3.18. The maximum absolute atomic E-state index is 14.5. The van der Waals surface area contributed by atoms with Gasteiger partial charge in [-0.15, -0.1) is 0 Å². The second-order valence-electron chi connectivity index (χ2n) is 16.0. The van der Waals surface area contributed by atoms with E-state index in [0.717, 1.165) is 0 Å². The lowest BCUT2D eigenvalue weighted by molar-refractivity contribution is -0.252. The third kappa shape index (κ3) is 4.17. The average molecular weight is 609 g/mol. The lowest BCUT2D eigenvalue weighted by Crippen LogP contribution is -2.75.